The summed E-state index contributed by atoms with van der Waals surface area (Å²) in [6.07, 6.45) is 1.44. The van der Waals surface area contributed by atoms with E-state index < -0.39 is 6.04 Å². The fourth-order valence-corrected chi connectivity index (χ4v) is 3.09. The molecule has 29 heavy (non-hydrogen) atoms. The van der Waals surface area contributed by atoms with Gasteiger partial charge in [0.25, 0.3) is 0 Å². The van der Waals surface area contributed by atoms with Crippen molar-refractivity contribution >= 4 is 11.8 Å². The highest BCUT2D eigenvalue weighted by Crippen LogP contribution is 2.17. The van der Waals surface area contributed by atoms with Crippen LogP contribution in [0.3, 0.4) is 0 Å². The van der Waals surface area contributed by atoms with Crippen molar-refractivity contribution in [3.8, 4) is 11.5 Å². The standard InChI is InChI=1S/C23H30N2O4/c1-4-21(23(27)24-2)25(17-18-12-14-19(28-3)15-13-18)22(26)11-8-16-29-20-9-6-5-7-10-20/h5-7,9-10,12-15,21H,4,8,11,16-17H2,1-3H3,(H,24,27). The number of benzene rings is 2. The Morgan fingerprint density at radius 1 is 1.03 bits per heavy atom. The van der Waals surface area contributed by atoms with E-state index in [-0.39, 0.29) is 11.8 Å². The van der Waals surface area contributed by atoms with E-state index in [0.717, 1.165) is 17.1 Å². The highest BCUT2D eigenvalue weighted by atomic mass is 16.5. The van der Waals surface area contributed by atoms with E-state index in [2.05, 4.69) is 5.32 Å². The first-order valence-corrected chi connectivity index (χ1v) is 9.90. The summed E-state index contributed by atoms with van der Waals surface area (Å²) < 4.78 is 10.9. The van der Waals surface area contributed by atoms with E-state index in [1.165, 1.54) is 0 Å². The van der Waals surface area contributed by atoms with Crippen molar-refractivity contribution in [3.63, 3.8) is 0 Å². The Balaban J connectivity index is 2.02. The molecule has 1 N–H and O–H groups in total. The van der Waals surface area contributed by atoms with Gasteiger partial charge < -0.3 is 19.7 Å². The van der Waals surface area contributed by atoms with Crippen molar-refractivity contribution in [3.05, 3.63) is 60.2 Å². The van der Waals surface area contributed by atoms with E-state index >= 15 is 0 Å². The second-order valence-corrected chi connectivity index (χ2v) is 6.67. The minimum absolute atomic E-state index is 0.0621. The lowest BCUT2D eigenvalue weighted by Crippen LogP contribution is -2.48. The van der Waals surface area contributed by atoms with E-state index in [1.807, 2.05) is 61.5 Å². The summed E-state index contributed by atoms with van der Waals surface area (Å²) in [4.78, 5) is 27.0. The van der Waals surface area contributed by atoms with Crippen molar-refractivity contribution in [1.82, 2.24) is 10.2 Å². The molecule has 0 heterocycles. The summed E-state index contributed by atoms with van der Waals surface area (Å²) in [7, 11) is 3.20. The van der Waals surface area contributed by atoms with Crippen LogP contribution in [0, 0.1) is 0 Å². The van der Waals surface area contributed by atoms with Crippen molar-refractivity contribution in [2.24, 2.45) is 0 Å². The Morgan fingerprint density at radius 2 is 1.72 bits per heavy atom. The molecule has 0 saturated carbocycles. The minimum Gasteiger partial charge on any atom is -0.497 e. The maximum atomic E-state index is 13.0. The zero-order chi connectivity index (χ0) is 21.1. The van der Waals surface area contributed by atoms with Gasteiger partial charge >= 0.3 is 0 Å². The third-order valence-corrected chi connectivity index (χ3v) is 4.69. The number of ether oxygens (including phenoxy) is 2. The number of hydrogen-bond donors (Lipinski definition) is 1. The highest BCUT2D eigenvalue weighted by molar-refractivity contribution is 5.87. The molecule has 1 unspecified atom stereocenters. The molecule has 0 radical (unpaired) electrons. The summed E-state index contributed by atoms with van der Waals surface area (Å²) in [5.41, 5.74) is 0.946. The number of nitrogens with zero attached hydrogens (tertiary/aromatic N) is 1. The lowest BCUT2D eigenvalue weighted by atomic mass is 10.1. The zero-order valence-electron chi connectivity index (χ0n) is 17.4. The number of carbonyl (C=O) groups is 2. The molecule has 0 aliphatic carbocycles. The SMILES string of the molecule is CCC(C(=O)NC)N(Cc1ccc(OC)cc1)C(=O)CCCOc1ccccc1. The van der Waals surface area contributed by atoms with Crippen molar-refractivity contribution < 1.29 is 19.1 Å². The highest BCUT2D eigenvalue weighted by Gasteiger charge is 2.27. The number of amides is 2. The molecule has 2 aromatic carbocycles. The number of likely N-dealkylation sites (N-methyl/N-ethyl adjacent to an activating group) is 1. The molecule has 0 aliphatic rings. The van der Waals surface area contributed by atoms with Crippen LogP contribution >= 0.6 is 0 Å². The van der Waals surface area contributed by atoms with Crippen LogP contribution in [0.4, 0.5) is 0 Å². The van der Waals surface area contributed by atoms with Gasteiger partial charge in [-0.15, -0.1) is 0 Å². The Bertz CT molecular complexity index is 762. The van der Waals surface area contributed by atoms with Crippen LogP contribution in [0.5, 0.6) is 11.5 Å². The van der Waals surface area contributed by atoms with Crippen LogP contribution in [0.25, 0.3) is 0 Å². The molecular weight excluding hydrogens is 368 g/mol. The quantitative estimate of drug-likeness (QED) is 0.589. The molecule has 156 valence electrons. The van der Waals surface area contributed by atoms with Crippen LogP contribution in [-0.2, 0) is 16.1 Å². The first kappa shape index (κ1) is 22.3. The smallest absolute Gasteiger partial charge is 0.242 e. The molecule has 0 aliphatic heterocycles. The Morgan fingerprint density at radius 3 is 2.31 bits per heavy atom. The Kier molecular flexibility index (Phi) is 9.02. The largest absolute Gasteiger partial charge is 0.497 e. The van der Waals surface area contributed by atoms with Gasteiger partial charge in [0.2, 0.25) is 11.8 Å². The molecule has 2 rings (SSSR count). The predicted molar refractivity (Wildman–Crippen MR) is 113 cm³/mol. The summed E-state index contributed by atoms with van der Waals surface area (Å²) in [5, 5.41) is 2.67. The van der Waals surface area contributed by atoms with Gasteiger partial charge in [-0.1, -0.05) is 37.3 Å². The van der Waals surface area contributed by atoms with Crippen molar-refractivity contribution in [1.29, 1.82) is 0 Å². The van der Waals surface area contributed by atoms with E-state index in [0.29, 0.717) is 32.4 Å². The third-order valence-electron chi connectivity index (χ3n) is 4.69. The van der Waals surface area contributed by atoms with Gasteiger partial charge in [-0.05, 0) is 42.7 Å². The van der Waals surface area contributed by atoms with E-state index in [4.69, 9.17) is 9.47 Å². The molecule has 0 bridgehead atoms. The van der Waals surface area contributed by atoms with Gasteiger partial charge in [0.15, 0.2) is 0 Å². The molecule has 0 spiro atoms. The topological polar surface area (TPSA) is 67.9 Å². The first-order chi connectivity index (χ1) is 14.1. The summed E-state index contributed by atoms with van der Waals surface area (Å²) in [6, 6.07) is 16.5. The van der Waals surface area contributed by atoms with Crippen molar-refractivity contribution in [2.45, 2.75) is 38.8 Å². The average Bonchev–Trinajstić information content (AvgIpc) is 2.77. The average molecular weight is 399 g/mol. The number of nitrogens with one attached hydrogen (secondary N) is 1. The zero-order valence-corrected chi connectivity index (χ0v) is 17.4. The van der Waals surface area contributed by atoms with Gasteiger partial charge in [0.1, 0.15) is 17.5 Å². The Hall–Kier alpha value is -3.02. The number of methoxy groups -OCH3 is 1. The molecule has 6 nitrogen and oxygen atoms in total. The van der Waals surface area contributed by atoms with Crippen LogP contribution in [-0.4, -0.2) is 43.5 Å². The van der Waals surface area contributed by atoms with Gasteiger partial charge in [-0.25, -0.2) is 0 Å². The normalized spacial score (nSPS) is 11.4. The summed E-state index contributed by atoms with van der Waals surface area (Å²) in [6.45, 7) is 2.73. The molecular formula is C23H30N2O4. The van der Waals surface area contributed by atoms with Crippen LogP contribution < -0.4 is 14.8 Å². The minimum atomic E-state index is -0.510. The number of para-hydroxylation sites is 1. The van der Waals surface area contributed by atoms with Gasteiger partial charge in [-0.2, -0.15) is 0 Å². The first-order valence-electron chi connectivity index (χ1n) is 9.90. The number of carbonyl (C=O) groups excluding carboxylic acids is 2. The molecule has 0 fully saturated rings. The maximum Gasteiger partial charge on any atom is 0.242 e. The fraction of sp³-hybridized carbons (Fsp3) is 0.391. The van der Waals surface area contributed by atoms with Crippen molar-refractivity contribution in [2.75, 3.05) is 20.8 Å². The lowest BCUT2D eigenvalue weighted by Gasteiger charge is -2.30. The van der Waals surface area contributed by atoms with E-state index in [9.17, 15) is 9.59 Å². The van der Waals surface area contributed by atoms with Gasteiger partial charge in [0.05, 0.1) is 13.7 Å². The monoisotopic (exact) mass is 398 g/mol. The second-order valence-electron chi connectivity index (χ2n) is 6.67. The summed E-state index contributed by atoms with van der Waals surface area (Å²) in [5.74, 6) is 1.32. The number of rotatable bonds is 11. The molecule has 6 heteroatoms. The van der Waals surface area contributed by atoms with Crippen LogP contribution in [0.2, 0.25) is 0 Å². The second kappa shape index (κ2) is 11.7. The molecule has 1 atom stereocenters. The predicted octanol–water partition coefficient (Wildman–Crippen LogP) is 3.41. The molecule has 2 aromatic rings. The summed E-state index contributed by atoms with van der Waals surface area (Å²) >= 11 is 0. The maximum absolute atomic E-state index is 13.0. The molecule has 2 amide bonds. The van der Waals surface area contributed by atoms with Crippen LogP contribution in [0.1, 0.15) is 31.7 Å². The van der Waals surface area contributed by atoms with Gasteiger partial charge in [-0.3, -0.25) is 9.59 Å². The van der Waals surface area contributed by atoms with Gasteiger partial charge in [0, 0.05) is 20.0 Å². The molecule has 0 aromatic heterocycles. The molecule has 0 saturated heterocycles. The van der Waals surface area contributed by atoms with E-state index in [1.54, 1.807) is 19.1 Å². The Labute approximate surface area is 172 Å². The van der Waals surface area contributed by atoms with Crippen LogP contribution in [0.15, 0.2) is 54.6 Å². The number of hydrogen-bond acceptors (Lipinski definition) is 4. The fourth-order valence-electron chi connectivity index (χ4n) is 3.09. The third kappa shape index (κ3) is 6.82. The lowest BCUT2D eigenvalue weighted by molar-refractivity contribution is -0.141.